The summed E-state index contributed by atoms with van der Waals surface area (Å²) in [5.74, 6) is -1.26. The van der Waals surface area contributed by atoms with Gasteiger partial charge in [0.25, 0.3) is 10.0 Å². The lowest BCUT2D eigenvalue weighted by molar-refractivity contribution is -0.114. The van der Waals surface area contributed by atoms with Gasteiger partial charge in [0.2, 0.25) is 5.91 Å². The Balaban J connectivity index is 1.96. The molecule has 1 N–H and O–H groups in total. The minimum atomic E-state index is -4.03. The lowest BCUT2D eigenvalue weighted by Gasteiger charge is -2.24. The molecule has 0 heterocycles. The predicted molar refractivity (Wildman–Crippen MR) is 115 cm³/mol. The van der Waals surface area contributed by atoms with Gasteiger partial charge < -0.3 is 5.32 Å². The van der Waals surface area contributed by atoms with Crippen molar-refractivity contribution in [1.29, 1.82) is 0 Å². The topological polar surface area (TPSA) is 66.5 Å². The number of hydrogen-bond acceptors (Lipinski definition) is 3. The highest BCUT2D eigenvalue weighted by Crippen LogP contribution is 2.26. The van der Waals surface area contributed by atoms with Gasteiger partial charge >= 0.3 is 0 Å². The standard InChI is InChI=1S/C21H18BrFN2O3S/c1-15-9-11-18(12-10-15)29(27,28)25(17-6-4-5-16(22)13-17)14-21(26)24-20-8-3-2-7-19(20)23/h2-13H,14H2,1H3,(H,24,26). The van der Waals surface area contributed by atoms with Gasteiger partial charge in [0.05, 0.1) is 16.3 Å². The molecular weight excluding hydrogens is 459 g/mol. The summed E-state index contributed by atoms with van der Waals surface area (Å²) in [5, 5.41) is 2.43. The first-order valence-corrected chi connectivity index (χ1v) is 10.9. The van der Waals surface area contributed by atoms with Crippen LogP contribution >= 0.6 is 15.9 Å². The summed E-state index contributed by atoms with van der Waals surface area (Å²) in [6, 6.07) is 18.7. The van der Waals surface area contributed by atoms with Crippen LogP contribution in [0.25, 0.3) is 0 Å². The molecule has 0 aromatic heterocycles. The van der Waals surface area contributed by atoms with Crippen LogP contribution in [-0.2, 0) is 14.8 Å². The van der Waals surface area contributed by atoms with E-state index in [0.29, 0.717) is 10.2 Å². The van der Waals surface area contributed by atoms with Crippen molar-refractivity contribution < 1.29 is 17.6 Å². The van der Waals surface area contributed by atoms with Crippen molar-refractivity contribution in [2.75, 3.05) is 16.2 Å². The van der Waals surface area contributed by atoms with Crippen molar-refractivity contribution >= 4 is 43.2 Å². The van der Waals surface area contributed by atoms with E-state index in [0.717, 1.165) is 9.87 Å². The minimum Gasteiger partial charge on any atom is -0.322 e. The molecule has 0 aliphatic rings. The van der Waals surface area contributed by atoms with E-state index in [1.54, 1.807) is 42.5 Å². The molecule has 0 bridgehead atoms. The molecule has 8 heteroatoms. The lowest BCUT2D eigenvalue weighted by Crippen LogP contribution is -2.38. The molecule has 1 amide bonds. The minimum absolute atomic E-state index is 0.0144. The van der Waals surface area contributed by atoms with Crippen molar-refractivity contribution in [2.45, 2.75) is 11.8 Å². The van der Waals surface area contributed by atoms with Crippen molar-refractivity contribution in [3.05, 3.63) is 88.6 Å². The fourth-order valence-corrected chi connectivity index (χ4v) is 4.47. The molecule has 0 unspecified atom stereocenters. The number of nitrogens with zero attached hydrogens (tertiary/aromatic N) is 1. The van der Waals surface area contributed by atoms with Crippen LogP contribution in [0.1, 0.15) is 5.56 Å². The van der Waals surface area contributed by atoms with E-state index in [4.69, 9.17) is 0 Å². The predicted octanol–water partition coefficient (Wildman–Crippen LogP) is 4.73. The summed E-state index contributed by atoms with van der Waals surface area (Å²) in [6.07, 6.45) is 0. The number of para-hydroxylation sites is 1. The number of aryl methyl sites for hydroxylation is 1. The van der Waals surface area contributed by atoms with Gasteiger partial charge in [0, 0.05) is 4.47 Å². The summed E-state index contributed by atoms with van der Waals surface area (Å²) in [6.45, 7) is 1.34. The number of benzene rings is 3. The van der Waals surface area contributed by atoms with Crippen LogP contribution in [-0.4, -0.2) is 20.9 Å². The highest BCUT2D eigenvalue weighted by Gasteiger charge is 2.27. The Kier molecular flexibility index (Phi) is 6.34. The fourth-order valence-electron chi connectivity index (χ4n) is 2.67. The molecule has 3 aromatic rings. The average Bonchev–Trinajstić information content (AvgIpc) is 2.68. The zero-order chi connectivity index (χ0) is 21.0. The molecule has 0 aliphatic heterocycles. The molecule has 0 aliphatic carbocycles. The second-order valence-electron chi connectivity index (χ2n) is 6.33. The quantitative estimate of drug-likeness (QED) is 0.558. The highest BCUT2D eigenvalue weighted by atomic mass is 79.9. The van der Waals surface area contributed by atoms with Crippen molar-refractivity contribution in [2.24, 2.45) is 0 Å². The smallest absolute Gasteiger partial charge is 0.264 e. The summed E-state index contributed by atoms with van der Waals surface area (Å²) in [5.41, 5.74) is 1.21. The lowest BCUT2D eigenvalue weighted by atomic mass is 10.2. The molecule has 0 fully saturated rings. The molecule has 150 valence electrons. The maximum absolute atomic E-state index is 13.8. The second kappa shape index (κ2) is 8.75. The van der Waals surface area contributed by atoms with Gasteiger partial charge in [-0.1, -0.05) is 51.8 Å². The van der Waals surface area contributed by atoms with Gasteiger partial charge in [-0.25, -0.2) is 12.8 Å². The monoisotopic (exact) mass is 476 g/mol. The third-order valence-electron chi connectivity index (χ3n) is 4.14. The summed E-state index contributed by atoms with van der Waals surface area (Å²) >= 11 is 3.32. The average molecular weight is 477 g/mol. The van der Waals surface area contributed by atoms with Crippen LogP contribution < -0.4 is 9.62 Å². The molecule has 0 saturated heterocycles. The maximum atomic E-state index is 13.8. The van der Waals surface area contributed by atoms with Gasteiger partial charge in [-0.05, 0) is 49.4 Å². The Morgan fingerprint density at radius 2 is 1.72 bits per heavy atom. The molecular formula is C21H18BrFN2O3S. The van der Waals surface area contributed by atoms with Gasteiger partial charge in [-0.2, -0.15) is 0 Å². The number of nitrogens with one attached hydrogen (secondary N) is 1. The molecule has 0 saturated carbocycles. The summed E-state index contributed by atoms with van der Waals surface area (Å²) < 4.78 is 42.0. The number of amides is 1. The zero-order valence-corrected chi connectivity index (χ0v) is 17.9. The van der Waals surface area contributed by atoms with E-state index >= 15 is 0 Å². The molecule has 3 aromatic carbocycles. The molecule has 29 heavy (non-hydrogen) atoms. The summed E-state index contributed by atoms with van der Waals surface area (Å²) in [4.78, 5) is 12.6. The SMILES string of the molecule is Cc1ccc(S(=O)(=O)N(CC(=O)Nc2ccccc2F)c2cccc(Br)c2)cc1. The van der Waals surface area contributed by atoms with Crippen LogP contribution in [0, 0.1) is 12.7 Å². The Bertz CT molecular complexity index is 1130. The molecule has 3 rings (SSSR count). The van der Waals surface area contributed by atoms with E-state index in [9.17, 15) is 17.6 Å². The highest BCUT2D eigenvalue weighted by molar-refractivity contribution is 9.10. The number of halogens is 2. The first-order valence-electron chi connectivity index (χ1n) is 8.67. The van der Waals surface area contributed by atoms with Crippen LogP contribution in [0.2, 0.25) is 0 Å². The zero-order valence-electron chi connectivity index (χ0n) is 15.5. The van der Waals surface area contributed by atoms with Crippen LogP contribution in [0.15, 0.2) is 82.2 Å². The van der Waals surface area contributed by atoms with Crippen molar-refractivity contribution in [1.82, 2.24) is 0 Å². The van der Waals surface area contributed by atoms with Crippen molar-refractivity contribution in [3.63, 3.8) is 0 Å². The van der Waals surface area contributed by atoms with E-state index < -0.39 is 28.3 Å². The Morgan fingerprint density at radius 1 is 1.03 bits per heavy atom. The molecule has 0 radical (unpaired) electrons. The number of sulfonamides is 1. The molecule has 0 atom stereocenters. The maximum Gasteiger partial charge on any atom is 0.264 e. The van der Waals surface area contributed by atoms with E-state index in [1.807, 2.05) is 6.92 Å². The second-order valence-corrected chi connectivity index (χ2v) is 9.11. The largest absolute Gasteiger partial charge is 0.322 e. The molecule has 0 spiro atoms. The number of hydrogen-bond donors (Lipinski definition) is 1. The number of anilines is 2. The van der Waals surface area contributed by atoms with Crippen LogP contribution in [0.3, 0.4) is 0 Å². The third kappa shape index (κ3) is 5.02. The van der Waals surface area contributed by atoms with Gasteiger partial charge in [-0.3, -0.25) is 9.10 Å². The van der Waals surface area contributed by atoms with E-state index in [-0.39, 0.29) is 10.6 Å². The summed E-state index contributed by atoms with van der Waals surface area (Å²) in [7, 11) is -4.03. The van der Waals surface area contributed by atoms with Gasteiger partial charge in [-0.15, -0.1) is 0 Å². The fraction of sp³-hybridized carbons (Fsp3) is 0.0952. The number of carbonyl (C=O) groups excluding carboxylic acids is 1. The van der Waals surface area contributed by atoms with Gasteiger partial charge in [0.15, 0.2) is 0 Å². The normalized spacial score (nSPS) is 11.1. The Hall–Kier alpha value is -2.71. The Morgan fingerprint density at radius 3 is 2.38 bits per heavy atom. The van der Waals surface area contributed by atoms with E-state index in [1.165, 1.54) is 30.3 Å². The van der Waals surface area contributed by atoms with Crippen LogP contribution in [0.4, 0.5) is 15.8 Å². The van der Waals surface area contributed by atoms with Crippen LogP contribution in [0.5, 0.6) is 0 Å². The number of rotatable bonds is 6. The molecule has 5 nitrogen and oxygen atoms in total. The first-order chi connectivity index (χ1) is 13.8. The van der Waals surface area contributed by atoms with E-state index in [2.05, 4.69) is 21.2 Å². The first kappa shape index (κ1) is 21.0. The third-order valence-corrected chi connectivity index (χ3v) is 6.42. The van der Waals surface area contributed by atoms with Crippen molar-refractivity contribution in [3.8, 4) is 0 Å². The van der Waals surface area contributed by atoms with Gasteiger partial charge in [0.1, 0.15) is 12.4 Å². The number of carbonyl (C=O) groups is 1. The Labute approximate surface area is 177 Å².